The molecule has 0 aromatic heterocycles. The van der Waals surface area contributed by atoms with E-state index in [-0.39, 0.29) is 12.5 Å². The Morgan fingerprint density at radius 2 is 1.76 bits per heavy atom. The number of nitrogens with one attached hydrogen (secondary N) is 1. The van der Waals surface area contributed by atoms with Crippen molar-refractivity contribution in [2.75, 3.05) is 32.1 Å². The van der Waals surface area contributed by atoms with Gasteiger partial charge in [-0.3, -0.25) is 9.59 Å². The number of carbonyl (C=O) groups excluding carboxylic acids is 2. The van der Waals surface area contributed by atoms with Crippen LogP contribution in [-0.4, -0.2) is 43.5 Å². The molecule has 0 spiro atoms. The Hall–Kier alpha value is -3.35. The highest BCUT2D eigenvalue weighted by Crippen LogP contribution is 2.30. The average Bonchev–Trinajstić information content (AvgIpc) is 2.69. The fraction of sp³-hybridized carbons (Fsp3) is 0.273. The van der Waals surface area contributed by atoms with E-state index in [0.29, 0.717) is 36.0 Å². The van der Waals surface area contributed by atoms with Crippen molar-refractivity contribution < 1.29 is 23.5 Å². The van der Waals surface area contributed by atoms with Gasteiger partial charge in [0.15, 0.2) is 11.5 Å². The van der Waals surface area contributed by atoms with Crippen LogP contribution in [0.3, 0.4) is 0 Å². The summed E-state index contributed by atoms with van der Waals surface area (Å²) in [7, 11) is 1.50. The van der Waals surface area contributed by atoms with E-state index < -0.39 is 11.7 Å². The van der Waals surface area contributed by atoms with Crippen molar-refractivity contribution in [3.05, 3.63) is 59.9 Å². The molecule has 0 heterocycles. The van der Waals surface area contributed by atoms with Crippen LogP contribution in [0.25, 0.3) is 6.08 Å². The van der Waals surface area contributed by atoms with Crippen LogP contribution in [-0.2, 0) is 9.59 Å². The van der Waals surface area contributed by atoms with Crippen molar-refractivity contribution in [2.24, 2.45) is 0 Å². The van der Waals surface area contributed by atoms with Crippen LogP contribution >= 0.6 is 0 Å². The average molecular weight is 400 g/mol. The van der Waals surface area contributed by atoms with E-state index in [4.69, 9.17) is 9.47 Å². The molecule has 0 saturated carbocycles. The van der Waals surface area contributed by atoms with Gasteiger partial charge >= 0.3 is 0 Å². The summed E-state index contributed by atoms with van der Waals surface area (Å²) in [5.41, 5.74) is 0.834. The quantitative estimate of drug-likeness (QED) is 0.652. The molecule has 2 aromatic carbocycles. The summed E-state index contributed by atoms with van der Waals surface area (Å²) in [6.07, 6.45) is 2.61. The Labute approximate surface area is 169 Å². The summed E-state index contributed by atoms with van der Waals surface area (Å²) in [6.45, 7) is 4.54. The molecule has 0 aliphatic rings. The molecule has 0 radical (unpaired) electrons. The number of carbonyl (C=O) groups is 2. The van der Waals surface area contributed by atoms with Crippen molar-refractivity contribution >= 4 is 23.6 Å². The first-order valence-corrected chi connectivity index (χ1v) is 9.31. The molecule has 6 nitrogen and oxygen atoms in total. The first-order valence-electron chi connectivity index (χ1n) is 9.31. The Balaban J connectivity index is 1.96. The standard InChI is InChI=1S/C22H25FN2O4/c1-4-28-19-12-11-17(14-20(19)29-5-2)24-21(26)15-25(3)22(27)13-10-16-8-6-7-9-18(16)23/h6-14H,4-5,15H2,1-3H3,(H,24,26)/b13-10+. The molecule has 2 aromatic rings. The molecule has 2 rings (SSSR count). The number of likely N-dealkylation sites (N-methyl/N-ethyl adjacent to an activating group) is 1. The van der Waals surface area contributed by atoms with Crippen LogP contribution in [0.1, 0.15) is 19.4 Å². The Kier molecular flexibility index (Phi) is 8.21. The molecule has 1 N–H and O–H groups in total. The van der Waals surface area contributed by atoms with Crippen LogP contribution < -0.4 is 14.8 Å². The largest absolute Gasteiger partial charge is 0.490 e. The molecular weight excluding hydrogens is 375 g/mol. The lowest BCUT2D eigenvalue weighted by molar-refractivity contribution is -0.129. The Morgan fingerprint density at radius 3 is 2.45 bits per heavy atom. The summed E-state index contributed by atoms with van der Waals surface area (Å²) >= 11 is 0. The van der Waals surface area contributed by atoms with Gasteiger partial charge in [-0.05, 0) is 38.1 Å². The zero-order valence-electron chi connectivity index (χ0n) is 16.8. The normalized spacial score (nSPS) is 10.6. The third-order valence-electron chi connectivity index (χ3n) is 3.89. The molecule has 0 bridgehead atoms. The number of anilines is 1. The highest BCUT2D eigenvalue weighted by molar-refractivity contribution is 5.98. The number of halogens is 1. The number of amides is 2. The van der Waals surface area contributed by atoms with Gasteiger partial charge in [0, 0.05) is 30.4 Å². The lowest BCUT2D eigenvalue weighted by Gasteiger charge is -2.16. The fourth-order valence-corrected chi connectivity index (χ4v) is 2.52. The monoisotopic (exact) mass is 400 g/mol. The molecule has 29 heavy (non-hydrogen) atoms. The summed E-state index contributed by atoms with van der Waals surface area (Å²) < 4.78 is 24.6. The summed E-state index contributed by atoms with van der Waals surface area (Å²) in [6, 6.07) is 11.2. The number of benzene rings is 2. The molecule has 2 amide bonds. The molecule has 0 aliphatic carbocycles. The highest BCUT2D eigenvalue weighted by atomic mass is 19.1. The van der Waals surface area contributed by atoms with Gasteiger partial charge in [0.05, 0.1) is 19.8 Å². The van der Waals surface area contributed by atoms with E-state index in [2.05, 4.69) is 5.32 Å². The van der Waals surface area contributed by atoms with E-state index in [0.717, 1.165) is 0 Å². The van der Waals surface area contributed by atoms with Crippen molar-refractivity contribution in [1.82, 2.24) is 4.90 Å². The lowest BCUT2D eigenvalue weighted by atomic mass is 10.2. The molecule has 0 fully saturated rings. The molecule has 0 aliphatic heterocycles. The maximum atomic E-state index is 13.6. The van der Waals surface area contributed by atoms with Gasteiger partial charge < -0.3 is 19.7 Å². The predicted octanol–water partition coefficient (Wildman–Crippen LogP) is 3.73. The number of hydrogen-bond acceptors (Lipinski definition) is 4. The van der Waals surface area contributed by atoms with Gasteiger partial charge in [-0.25, -0.2) is 4.39 Å². The molecule has 154 valence electrons. The van der Waals surface area contributed by atoms with Crippen LogP contribution in [0.5, 0.6) is 11.5 Å². The summed E-state index contributed by atoms with van der Waals surface area (Å²) in [4.78, 5) is 25.7. The summed E-state index contributed by atoms with van der Waals surface area (Å²) in [5.74, 6) is -0.0725. The number of nitrogens with zero attached hydrogens (tertiary/aromatic N) is 1. The van der Waals surface area contributed by atoms with Gasteiger partial charge in [0.25, 0.3) is 0 Å². The maximum absolute atomic E-state index is 13.6. The minimum absolute atomic E-state index is 0.155. The van der Waals surface area contributed by atoms with Crippen LogP contribution in [0.4, 0.5) is 10.1 Å². The minimum Gasteiger partial charge on any atom is -0.490 e. The second-order valence-corrected chi connectivity index (χ2v) is 6.12. The molecular formula is C22H25FN2O4. The predicted molar refractivity (Wildman–Crippen MR) is 110 cm³/mol. The van der Waals surface area contributed by atoms with E-state index >= 15 is 0 Å². The van der Waals surface area contributed by atoms with Crippen molar-refractivity contribution in [2.45, 2.75) is 13.8 Å². The molecule has 0 saturated heterocycles. The van der Waals surface area contributed by atoms with Gasteiger partial charge in [-0.1, -0.05) is 18.2 Å². The lowest BCUT2D eigenvalue weighted by Crippen LogP contribution is -2.33. The van der Waals surface area contributed by atoms with Crippen molar-refractivity contribution in [3.63, 3.8) is 0 Å². The molecule has 0 unspecified atom stereocenters. The second-order valence-electron chi connectivity index (χ2n) is 6.12. The Bertz CT molecular complexity index is 883. The van der Waals surface area contributed by atoms with Gasteiger partial charge in [0.1, 0.15) is 5.82 Å². The topological polar surface area (TPSA) is 67.9 Å². The van der Waals surface area contributed by atoms with E-state index in [1.807, 2.05) is 13.8 Å². The van der Waals surface area contributed by atoms with Crippen LogP contribution in [0, 0.1) is 5.82 Å². The number of rotatable bonds is 9. The van der Waals surface area contributed by atoms with E-state index in [1.165, 1.54) is 30.2 Å². The third-order valence-corrected chi connectivity index (χ3v) is 3.89. The van der Waals surface area contributed by atoms with Gasteiger partial charge in [-0.2, -0.15) is 0 Å². The minimum atomic E-state index is -0.419. The van der Waals surface area contributed by atoms with Gasteiger partial charge in [0.2, 0.25) is 11.8 Å². The SMILES string of the molecule is CCOc1ccc(NC(=O)CN(C)C(=O)/C=C/c2ccccc2F)cc1OCC. The third kappa shape index (κ3) is 6.64. The second kappa shape index (κ2) is 10.8. The smallest absolute Gasteiger partial charge is 0.246 e. The zero-order valence-corrected chi connectivity index (χ0v) is 16.8. The first kappa shape index (κ1) is 21.9. The van der Waals surface area contributed by atoms with E-state index in [1.54, 1.807) is 36.4 Å². The molecule has 7 heteroatoms. The molecule has 0 atom stereocenters. The summed E-state index contributed by atoms with van der Waals surface area (Å²) in [5, 5.41) is 2.73. The fourth-order valence-electron chi connectivity index (χ4n) is 2.52. The number of hydrogen-bond donors (Lipinski definition) is 1. The zero-order chi connectivity index (χ0) is 21.2. The van der Waals surface area contributed by atoms with Crippen LogP contribution in [0.2, 0.25) is 0 Å². The van der Waals surface area contributed by atoms with Crippen molar-refractivity contribution in [1.29, 1.82) is 0 Å². The first-order chi connectivity index (χ1) is 13.9. The van der Waals surface area contributed by atoms with Crippen molar-refractivity contribution in [3.8, 4) is 11.5 Å². The Morgan fingerprint density at radius 1 is 1.07 bits per heavy atom. The number of ether oxygens (including phenoxy) is 2. The van der Waals surface area contributed by atoms with Gasteiger partial charge in [-0.15, -0.1) is 0 Å². The maximum Gasteiger partial charge on any atom is 0.246 e. The highest BCUT2D eigenvalue weighted by Gasteiger charge is 2.13. The van der Waals surface area contributed by atoms with E-state index in [9.17, 15) is 14.0 Å². The van der Waals surface area contributed by atoms with Crippen LogP contribution in [0.15, 0.2) is 48.5 Å².